The predicted octanol–water partition coefficient (Wildman–Crippen LogP) is 6.44. The topological polar surface area (TPSA) is 92.4 Å². The number of ether oxygens (including phenoxy) is 1. The van der Waals surface area contributed by atoms with E-state index in [9.17, 15) is 4.79 Å². The lowest BCUT2D eigenvalue weighted by molar-refractivity contribution is -0.126. The largest absolute Gasteiger partial charge is 0.496 e. The number of rotatable bonds is 8. The van der Waals surface area contributed by atoms with Crippen LogP contribution in [-0.4, -0.2) is 48.0 Å². The van der Waals surface area contributed by atoms with Gasteiger partial charge in [0.05, 0.1) is 40.9 Å². The molecule has 0 atom stereocenters. The number of hydrogen-bond donors (Lipinski definition) is 3. The second-order valence-corrected chi connectivity index (χ2v) is 10.1. The molecule has 7 nitrogen and oxygen atoms in total. The number of nitriles is 1. The highest BCUT2D eigenvalue weighted by Gasteiger charge is 2.28. The van der Waals surface area contributed by atoms with Crippen LogP contribution in [0.1, 0.15) is 23.6 Å². The highest BCUT2D eigenvalue weighted by atomic mass is 32.2. The number of para-hydroxylation sites is 1. The summed E-state index contributed by atoms with van der Waals surface area (Å²) in [7, 11) is 3.48. The van der Waals surface area contributed by atoms with Gasteiger partial charge in [0.15, 0.2) is 0 Å². The van der Waals surface area contributed by atoms with Gasteiger partial charge in [0, 0.05) is 37.6 Å². The molecular formula is C31H33N5O2S2. The van der Waals surface area contributed by atoms with Crippen LogP contribution in [0.2, 0.25) is 0 Å². The summed E-state index contributed by atoms with van der Waals surface area (Å²) in [5.41, 5.74) is 4.46. The summed E-state index contributed by atoms with van der Waals surface area (Å²) < 4.78 is 5.45. The highest BCUT2D eigenvalue weighted by Crippen LogP contribution is 2.32. The molecule has 1 saturated heterocycles. The Bertz CT molecular complexity index is 1400. The molecule has 4 rings (SSSR count). The summed E-state index contributed by atoms with van der Waals surface area (Å²) in [6.45, 7) is 3.75. The van der Waals surface area contributed by atoms with E-state index in [1.54, 1.807) is 35.8 Å². The summed E-state index contributed by atoms with van der Waals surface area (Å²) >= 11 is 5.56. The second kappa shape index (κ2) is 15.5. The second-order valence-electron chi connectivity index (χ2n) is 8.71. The van der Waals surface area contributed by atoms with E-state index >= 15 is 0 Å². The fourth-order valence-corrected chi connectivity index (χ4v) is 5.18. The quantitative estimate of drug-likeness (QED) is 0.213. The van der Waals surface area contributed by atoms with Crippen LogP contribution in [0.5, 0.6) is 5.75 Å². The fourth-order valence-electron chi connectivity index (χ4n) is 3.94. The third-order valence-corrected chi connectivity index (χ3v) is 6.99. The van der Waals surface area contributed by atoms with Crippen LogP contribution >= 0.6 is 24.4 Å². The zero-order valence-corrected chi connectivity index (χ0v) is 24.5. The number of methoxy groups -OCH3 is 1. The third-order valence-electron chi connectivity index (χ3n) is 5.87. The number of nitrogens with zero attached hydrogens (tertiary/aromatic N) is 3. The molecule has 1 aliphatic heterocycles. The van der Waals surface area contributed by atoms with Crippen molar-refractivity contribution in [3.05, 3.63) is 112 Å². The molecule has 0 unspecified atom stereocenters. The van der Waals surface area contributed by atoms with Crippen LogP contribution in [0.3, 0.4) is 0 Å². The Kier molecular flexibility index (Phi) is 11.8. The summed E-state index contributed by atoms with van der Waals surface area (Å²) in [5, 5.41) is 21.9. The maximum Gasteiger partial charge on any atom is 0.262 e. The first kappa shape index (κ1) is 30.4. The molecule has 0 spiro atoms. The van der Waals surface area contributed by atoms with Gasteiger partial charge in [0.2, 0.25) is 0 Å². The maximum atomic E-state index is 13.0. The maximum absolute atomic E-state index is 13.0. The van der Waals surface area contributed by atoms with E-state index in [2.05, 4.69) is 24.0 Å². The Labute approximate surface area is 246 Å². The lowest BCUT2D eigenvalue weighted by atomic mass is 10.1. The average Bonchev–Trinajstić information content (AvgIpc) is 2.97. The Balaban J connectivity index is 0.000000336. The molecule has 40 heavy (non-hydrogen) atoms. The first-order chi connectivity index (χ1) is 19.4. The zero-order valence-electron chi connectivity index (χ0n) is 22.8. The molecule has 3 aromatic carbocycles. The number of thiol groups is 1. The third kappa shape index (κ3) is 8.43. The molecule has 0 radical (unpaired) electrons. The average molecular weight is 572 g/mol. The molecule has 1 aliphatic rings. The van der Waals surface area contributed by atoms with Crippen molar-refractivity contribution < 1.29 is 9.53 Å². The lowest BCUT2D eigenvalue weighted by Gasteiger charge is -2.30. The van der Waals surface area contributed by atoms with E-state index in [-0.39, 0.29) is 5.91 Å². The van der Waals surface area contributed by atoms with E-state index in [0.717, 1.165) is 34.8 Å². The number of amides is 1. The first-order valence-corrected chi connectivity index (χ1v) is 14.0. The molecule has 0 aromatic heterocycles. The van der Waals surface area contributed by atoms with Crippen LogP contribution in [0.15, 0.2) is 95.4 Å². The van der Waals surface area contributed by atoms with Gasteiger partial charge in [0.1, 0.15) is 5.75 Å². The zero-order chi connectivity index (χ0) is 28.9. The lowest BCUT2D eigenvalue weighted by Crippen LogP contribution is -2.39. The van der Waals surface area contributed by atoms with Gasteiger partial charge >= 0.3 is 0 Å². The van der Waals surface area contributed by atoms with Crippen LogP contribution in [0.4, 0.5) is 5.69 Å². The number of hydrogen-bond acceptors (Lipinski definition) is 8. The molecule has 2 N–H and O–H groups in total. The van der Waals surface area contributed by atoms with Crippen molar-refractivity contribution >= 4 is 46.7 Å². The van der Waals surface area contributed by atoms with Gasteiger partial charge in [-0.05, 0) is 54.3 Å². The summed E-state index contributed by atoms with van der Waals surface area (Å²) in [4.78, 5) is 17.1. The van der Waals surface area contributed by atoms with Crippen molar-refractivity contribution in [3.63, 3.8) is 0 Å². The molecule has 3 aromatic rings. The number of carbonyl (C=O) groups excluding carboxylic acids is 1. The van der Waals surface area contributed by atoms with Crippen molar-refractivity contribution in [1.29, 1.82) is 10.7 Å². The molecular weight excluding hydrogens is 539 g/mol. The predicted molar refractivity (Wildman–Crippen MR) is 168 cm³/mol. The van der Waals surface area contributed by atoms with Gasteiger partial charge in [-0.15, -0.1) is 12.6 Å². The Morgan fingerprint density at radius 1 is 1.15 bits per heavy atom. The molecule has 0 bridgehead atoms. The van der Waals surface area contributed by atoms with Crippen molar-refractivity contribution in [2.75, 3.05) is 32.6 Å². The Hall–Kier alpha value is -4.13. The van der Waals surface area contributed by atoms with Gasteiger partial charge in [-0.3, -0.25) is 10.2 Å². The fraction of sp³-hybridized carbons (Fsp3) is 0.194. The van der Waals surface area contributed by atoms with E-state index in [1.165, 1.54) is 11.8 Å². The van der Waals surface area contributed by atoms with Gasteiger partial charge in [-0.2, -0.15) is 5.26 Å². The molecule has 9 heteroatoms. The summed E-state index contributed by atoms with van der Waals surface area (Å²) in [6.07, 6.45) is 1.76. The molecule has 206 valence electrons. The van der Waals surface area contributed by atoms with Gasteiger partial charge in [0.25, 0.3) is 5.91 Å². The number of thioether (sulfide) groups is 1. The minimum absolute atomic E-state index is 0.0831. The minimum atomic E-state index is -0.0831. The first-order valence-electron chi connectivity index (χ1n) is 12.6. The number of nitrogens with one attached hydrogen (secondary N) is 2. The van der Waals surface area contributed by atoms with Crippen LogP contribution in [-0.2, 0) is 11.3 Å². The van der Waals surface area contributed by atoms with Crippen molar-refractivity contribution in [3.8, 4) is 11.8 Å². The summed E-state index contributed by atoms with van der Waals surface area (Å²) in [5.74, 6) is 0.638. The molecule has 1 heterocycles. The van der Waals surface area contributed by atoms with E-state index in [4.69, 9.17) is 15.4 Å². The van der Waals surface area contributed by atoms with Gasteiger partial charge < -0.3 is 19.9 Å². The molecule has 1 fully saturated rings. The van der Waals surface area contributed by atoms with Gasteiger partial charge in [-0.25, -0.2) is 0 Å². The normalized spacial score (nSPS) is 14.2. The molecule has 1 amide bonds. The van der Waals surface area contributed by atoms with Crippen molar-refractivity contribution in [2.45, 2.75) is 13.5 Å². The van der Waals surface area contributed by atoms with Crippen LogP contribution < -0.4 is 10.1 Å². The highest BCUT2D eigenvalue weighted by molar-refractivity contribution is 8.18. The smallest absolute Gasteiger partial charge is 0.262 e. The van der Waals surface area contributed by atoms with Crippen molar-refractivity contribution in [2.24, 2.45) is 0 Å². The number of benzene rings is 3. The Morgan fingerprint density at radius 3 is 2.45 bits per heavy atom. The molecule has 0 saturated carbocycles. The minimum Gasteiger partial charge on any atom is -0.496 e. The number of carbonyl (C=O) groups is 1. The number of anilines is 1. The molecule has 0 aliphatic carbocycles. The summed E-state index contributed by atoms with van der Waals surface area (Å²) in [6, 6.07) is 26.9. The monoisotopic (exact) mass is 571 g/mol. The Morgan fingerprint density at radius 2 is 1.82 bits per heavy atom. The van der Waals surface area contributed by atoms with E-state index in [0.29, 0.717) is 28.6 Å². The van der Waals surface area contributed by atoms with Crippen molar-refractivity contribution in [1.82, 2.24) is 9.80 Å². The van der Waals surface area contributed by atoms with Crippen LogP contribution in [0.25, 0.3) is 5.70 Å². The van der Waals surface area contributed by atoms with E-state index < -0.39 is 0 Å². The SMILES string of the molecule is CCNc1ccc(C#N)cc1.COc1ccccc1/C(=C/S)N(C)/C=C1/SC(=N)CN(Cc2ccccc2)C1=O. The van der Waals surface area contributed by atoms with E-state index in [1.807, 2.05) is 85.6 Å². The van der Waals surface area contributed by atoms with Gasteiger partial charge in [-0.1, -0.05) is 54.2 Å². The standard InChI is InChI=1S/C22H23N3O2S2.C9H10N2/c1-24(18(15-28)17-10-6-7-11-19(17)27-2)13-20-22(26)25(14-21(23)29-20)12-16-8-4-3-5-9-16;1-2-11-9-5-3-8(7-10)4-6-9/h3-11,13,15,23,28H,12,14H2,1-2H3;3-6,11H,2H2,1H3/b18-15-,20-13+,23-21?;. The van der Waals surface area contributed by atoms with Crippen LogP contribution in [0, 0.1) is 16.7 Å².